The molecule has 4 rings (SSSR count). The predicted octanol–water partition coefficient (Wildman–Crippen LogP) is 4.67. The molecule has 1 aliphatic heterocycles. The minimum atomic E-state index is -0.335. The number of hydrogen-bond acceptors (Lipinski definition) is 6. The summed E-state index contributed by atoms with van der Waals surface area (Å²) in [7, 11) is 3.24. The van der Waals surface area contributed by atoms with Gasteiger partial charge >= 0.3 is 0 Å². The van der Waals surface area contributed by atoms with Crippen molar-refractivity contribution in [1.82, 2.24) is 15.0 Å². The zero-order valence-electron chi connectivity index (χ0n) is 17.2. The van der Waals surface area contributed by atoms with Gasteiger partial charge in [-0.1, -0.05) is 6.92 Å². The molecule has 3 aromatic rings. The van der Waals surface area contributed by atoms with Gasteiger partial charge in [-0.3, -0.25) is 4.79 Å². The first-order chi connectivity index (χ1) is 14.0. The van der Waals surface area contributed by atoms with Crippen LogP contribution in [-0.4, -0.2) is 46.5 Å². The zero-order chi connectivity index (χ0) is 20.6. The van der Waals surface area contributed by atoms with E-state index in [9.17, 15) is 4.79 Å². The summed E-state index contributed by atoms with van der Waals surface area (Å²) >= 11 is 1.91. The van der Waals surface area contributed by atoms with Gasteiger partial charge < -0.3 is 14.5 Å². The van der Waals surface area contributed by atoms with E-state index in [1.807, 2.05) is 30.8 Å². The van der Waals surface area contributed by atoms with Gasteiger partial charge in [0.2, 0.25) is 0 Å². The Balaban J connectivity index is 1.78. The molecule has 0 amide bonds. The van der Waals surface area contributed by atoms with Gasteiger partial charge in [-0.05, 0) is 49.0 Å². The zero-order valence-corrected chi connectivity index (χ0v) is 18.0. The molecule has 0 radical (unpaired) electrons. The Bertz CT molecular complexity index is 1070. The Hall–Kier alpha value is -2.54. The Morgan fingerprint density at radius 2 is 1.97 bits per heavy atom. The van der Waals surface area contributed by atoms with Crippen LogP contribution < -0.4 is 9.47 Å². The third-order valence-electron chi connectivity index (χ3n) is 5.73. The lowest BCUT2D eigenvalue weighted by Gasteiger charge is -2.31. The number of aromatic nitrogens is 3. The number of nitrogens with zero attached hydrogens (tertiary/aromatic N) is 2. The number of ether oxygens (including phenoxy) is 2. The van der Waals surface area contributed by atoms with E-state index in [2.05, 4.69) is 16.9 Å². The number of ketones is 1. The van der Waals surface area contributed by atoms with Gasteiger partial charge in [-0.2, -0.15) is 11.8 Å². The maximum Gasteiger partial charge on any atom is 0.172 e. The standard InChI is InChI=1S/C22H25N3O3S/c1-13-9-14(10-17(27-3)19(13)28-4)16-12-24-21-18(25-16)15(11-23-21)20(26)22(2)5-7-29-8-6-22/h9-12H,5-8H2,1-4H3,(H,23,24). The number of benzene rings is 1. The first kappa shape index (κ1) is 19.8. The molecule has 0 bridgehead atoms. The summed E-state index contributed by atoms with van der Waals surface area (Å²) in [6.07, 6.45) is 5.26. The average molecular weight is 412 g/mol. The molecular weight excluding hydrogens is 386 g/mol. The van der Waals surface area contributed by atoms with E-state index in [4.69, 9.17) is 14.5 Å². The highest BCUT2D eigenvalue weighted by Gasteiger charge is 2.37. The molecule has 6 nitrogen and oxygen atoms in total. The number of fused-ring (bicyclic) bond motifs is 1. The van der Waals surface area contributed by atoms with Gasteiger partial charge in [0.1, 0.15) is 5.52 Å². The maximum absolute atomic E-state index is 13.3. The Labute approximate surface area is 174 Å². The van der Waals surface area contributed by atoms with Crippen molar-refractivity contribution >= 4 is 28.7 Å². The number of methoxy groups -OCH3 is 2. The van der Waals surface area contributed by atoms with Crippen molar-refractivity contribution in [3.05, 3.63) is 35.7 Å². The number of carbonyl (C=O) groups is 1. The fraction of sp³-hybridized carbons (Fsp3) is 0.409. The molecule has 2 aromatic heterocycles. The molecule has 0 aliphatic carbocycles. The summed E-state index contributed by atoms with van der Waals surface area (Å²) in [4.78, 5) is 25.8. The van der Waals surface area contributed by atoms with Crippen LogP contribution >= 0.6 is 11.8 Å². The molecular formula is C22H25N3O3S. The van der Waals surface area contributed by atoms with E-state index in [0.29, 0.717) is 33.9 Å². The number of hydrogen-bond donors (Lipinski definition) is 1. The van der Waals surface area contributed by atoms with Crippen LogP contribution in [0.5, 0.6) is 11.5 Å². The van der Waals surface area contributed by atoms with Crippen molar-refractivity contribution in [3.8, 4) is 22.8 Å². The van der Waals surface area contributed by atoms with Crippen LogP contribution in [0.25, 0.3) is 22.4 Å². The van der Waals surface area contributed by atoms with Gasteiger partial charge in [0.05, 0.1) is 31.7 Å². The number of carbonyl (C=O) groups excluding carboxylic acids is 1. The fourth-order valence-corrected chi connectivity index (χ4v) is 5.27. The van der Waals surface area contributed by atoms with Gasteiger partial charge in [0.15, 0.2) is 22.9 Å². The molecule has 0 unspecified atom stereocenters. The lowest BCUT2D eigenvalue weighted by Crippen LogP contribution is -2.32. The molecule has 0 atom stereocenters. The summed E-state index contributed by atoms with van der Waals surface area (Å²) in [6, 6.07) is 3.88. The van der Waals surface area contributed by atoms with Crippen LogP contribution in [0.1, 0.15) is 35.7 Å². The third-order valence-corrected chi connectivity index (χ3v) is 6.72. The maximum atomic E-state index is 13.3. The van der Waals surface area contributed by atoms with Crippen molar-refractivity contribution in [3.63, 3.8) is 0 Å². The molecule has 7 heteroatoms. The number of rotatable bonds is 5. The van der Waals surface area contributed by atoms with E-state index in [-0.39, 0.29) is 11.2 Å². The predicted molar refractivity (Wildman–Crippen MR) is 116 cm³/mol. The van der Waals surface area contributed by atoms with E-state index in [0.717, 1.165) is 35.5 Å². The second kappa shape index (κ2) is 7.71. The Kier molecular flexibility index (Phi) is 5.25. The molecule has 1 N–H and O–H groups in total. The largest absolute Gasteiger partial charge is 0.493 e. The average Bonchev–Trinajstić information content (AvgIpc) is 3.16. The molecule has 0 spiro atoms. The first-order valence-electron chi connectivity index (χ1n) is 9.66. The summed E-state index contributed by atoms with van der Waals surface area (Å²) in [6.45, 7) is 4.03. The highest BCUT2D eigenvalue weighted by molar-refractivity contribution is 7.99. The Morgan fingerprint density at radius 1 is 1.21 bits per heavy atom. The van der Waals surface area contributed by atoms with Gasteiger partial charge in [-0.25, -0.2) is 9.97 Å². The minimum absolute atomic E-state index is 0.152. The van der Waals surface area contributed by atoms with Gasteiger partial charge in [0.25, 0.3) is 0 Å². The quantitative estimate of drug-likeness (QED) is 0.615. The van der Waals surface area contributed by atoms with Crippen LogP contribution in [0.3, 0.4) is 0 Å². The number of aryl methyl sites for hydroxylation is 1. The number of Topliss-reactive ketones (excluding diaryl/α,β-unsaturated/α-hetero) is 1. The molecule has 1 aromatic carbocycles. The molecule has 3 heterocycles. The highest BCUT2D eigenvalue weighted by Crippen LogP contribution is 2.39. The molecule has 1 fully saturated rings. The lowest BCUT2D eigenvalue weighted by atomic mass is 9.77. The number of H-pyrrole nitrogens is 1. The highest BCUT2D eigenvalue weighted by atomic mass is 32.2. The monoisotopic (exact) mass is 411 g/mol. The van der Waals surface area contributed by atoms with Crippen LogP contribution in [-0.2, 0) is 0 Å². The van der Waals surface area contributed by atoms with Gasteiger partial charge in [0, 0.05) is 17.2 Å². The number of nitrogens with one attached hydrogen (secondary N) is 1. The number of aromatic amines is 1. The van der Waals surface area contributed by atoms with Crippen molar-refractivity contribution in [2.24, 2.45) is 5.41 Å². The van der Waals surface area contributed by atoms with Crippen molar-refractivity contribution in [2.45, 2.75) is 26.7 Å². The van der Waals surface area contributed by atoms with Crippen molar-refractivity contribution < 1.29 is 14.3 Å². The van der Waals surface area contributed by atoms with Crippen LogP contribution in [0, 0.1) is 12.3 Å². The molecule has 1 aliphatic rings. The SMILES string of the molecule is COc1cc(-c2cnc3[nH]cc(C(=O)C4(C)CCSCC4)c3n2)cc(C)c1OC. The molecule has 1 saturated heterocycles. The second-order valence-electron chi connectivity index (χ2n) is 7.69. The summed E-state index contributed by atoms with van der Waals surface area (Å²) < 4.78 is 10.9. The van der Waals surface area contributed by atoms with Crippen molar-refractivity contribution in [1.29, 1.82) is 0 Å². The fourth-order valence-electron chi connectivity index (χ4n) is 3.88. The van der Waals surface area contributed by atoms with Crippen LogP contribution in [0.2, 0.25) is 0 Å². The summed E-state index contributed by atoms with van der Waals surface area (Å²) in [5.41, 5.74) is 4.05. The smallest absolute Gasteiger partial charge is 0.172 e. The second-order valence-corrected chi connectivity index (χ2v) is 8.91. The van der Waals surface area contributed by atoms with Crippen molar-refractivity contribution in [2.75, 3.05) is 25.7 Å². The molecule has 29 heavy (non-hydrogen) atoms. The topological polar surface area (TPSA) is 77.1 Å². The molecule has 0 saturated carbocycles. The minimum Gasteiger partial charge on any atom is -0.493 e. The van der Waals surface area contributed by atoms with E-state index in [1.54, 1.807) is 26.6 Å². The first-order valence-corrected chi connectivity index (χ1v) is 10.8. The van der Waals surface area contributed by atoms with E-state index >= 15 is 0 Å². The Morgan fingerprint density at radius 3 is 2.66 bits per heavy atom. The van der Waals surface area contributed by atoms with Crippen LogP contribution in [0.15, 0.2) is 24.5 Å². The van der Waals surface area contributed by atoms with Gasteiger partial charge in [-0.15, -0.1) is 0 Å². The number of thioether (sulfide) groups is 1. The lowest BCUT2D eigenvalue weighted by molar-refractivity contribution is 0.0804. The van der Waals surface area contributed by atoms with E-state index in [1.165, 1.54) is 0 Å². The summed E-state index contributed by atoms with van der Waals surface area (Å²) in [5, 5.41) is 0. The summed E-state index contributed by atoms with van der Waals surface area (Å²) in [5.74, 6) is 3.53. The molecule has 152 valence electrons. The normalized spacial score (nSPS) is 16.0. The van der Waals surface area contributed by atoms with Crippen LogP contribution in [0.4, 0.5) is 0 Å². The third kappa shape index (κ3) is 3.48. The van der Waals surface area contributed by atoms with E-state index < -0.39 is 0 Å².